The Morgan fingerprint density at radius 2 is 1.80 bits per heavy atom. The molecular formula is C14H16F4OS. The molecule has 0 aliphatic heterocycles. The summed E-state index contributed by atoms with van der Waals surface area (Å²) >= 11 is 1.07. The first-order chi connectivity index (χ1) is 9.38. The lowest BCUT2D eigenvalue weighted by molar-refractivity contribution is -0.138. The fraction of sp³-hybridized carbons (Fsp3) is 0.500. The molecule has 1 aromatic rings. The van der Waals surface area contributed by atoms with E-state index in [0.29, 0.717) is 17.7 Å². The third kappa shape index (κ3) is 7.53. The van der Waals surface area contributed by atoms with Crippen LogP contribution in [0.3, 0.4) is 0 Å². The van der Waals surface area contributed by atoms with Gasteiger partial charge in [-0.05, 0) is 19.3 Å². The van der Waals surface area contributed by atoms with Crippen molar-refractivity contribution in [3.05, 3.63) is 35.9 Å². The van der Waals surface area contributed by atoms with E-state index in [0.717, 1.165) is 11.8 Å². The molecule has 0 fully saturated rings. The minimum atomic E-state index is -4.30. The van der Waals surface area contributed by atoms with Crippen LogP contribution in [0.1, 0.15) is 36.0 Å². The second-order valence-corrected chi connectivity index (χ2v) is 5.46. The largest absolute Gasteiger partial charge is 0.389 e. The number of benzene rings is 1. The fourth-order valence-corrected chi connectivity index (χ4v) is 2.39. The number of rotatable bonds is 7. The Morgan fingerprint density at radius 1 is 1.15 bits per heavy atom. The molecule has 0 aliphatic rings. The van der Waals surface area contributed by atoms with Gasteiger partial charge in [0.1, 0.15) is 6.17 Å². The Bertz CT molecular complexity index is 405. The highest BCUT2D eigenvalue weighted by atomic mass is 32.2. The van der Waals surface area contributed by atoms with Gasteiger partial charge in [-0.1, -0.05) is 42.1 Å². The molecule has 1 atom stereocenters. The molecule has 0 heterocycles. The van der Waals surface area contributed by atoms with Crippen molar-refractivity contribution in [3.8, 4) is 0 Å². The van der Waals surface area contributed by atoms with Gasteiger partial charge in [0.15, 0.2) is 0 Å². The highest BCUT2D eigenvalue weighted by Crippen LogP contribution is 2.24. The minimum Gasteiger partial charge on any atom is -0.282 e. The zero-order valence-corrected chi connectivity index (χ0v) is 11.6. The van der Waals surface area contributed by atoms with Crippen LogP contribution in [-0.4, -0.2) is 23.2 Å². The molecule has 1 nitrogen and oxygen atoms in total. The van der Waals surface area contributed by atoms with Crippen molar-refractivity contribution >= 4 is 16.9 Å². The Kier molecular flexibility index (Phi) is 7.05. The van der Waals surface area contributed by atoms with Gasteiger partial charge in [-0.15, -0.1) is 0 Å². The van der Waals surface area contributed by atoms with Crippen LogP contribution >= 0.6 is 11.8 Å². The molecule has 1 rings (SSSR count). The van der Waals surface area contributed by atoms with Gasteiger partial charge in [0.2, 0.25) is 5.12 Å². The molecule has 6 heteroatoms. The summed E-state index contributed by atoms with van der Waals surface area (Å²) in [7, 11) is 0. The molecule has 0 saturated heterocycles. The third-order valence-electron chi connectivity index (χ3n) is 2.65. The van der Waals surface area contributed by atoms with Crippen molar-refractivity contribution in [1.29, 1.82) is 0 Å². The normalized spacial score (nSPS) is 13.2. The van der Waals surface area contributed by atoms with Crippen LogP contribution in [0.15, 0.2) is 30.3 Å². The monoisotopic (exact) mass is 308 g/mol. The van der Waals surface area contributed by atoms with Crippen LogP contribution < -0.4 is 0 Å². The maximum Gasteiger partial charge on any atom is 0.389 e. The third-order valence-corrected chi connectivity index (χ3v) is 3.64. The first-order valence-corrected chi connectivity index (χ1v) is 7.30. The van der Waals surface area contributed by atoms with E-state index in [4.69, 9.17) is 0 Å². The summed E-state index contributed by atoms with van der Waals surface area (Å²) in [5.41, 5.74) is 0.575. The Morgan fingerprint density at radius 3 is 2.40 bits per heavy atom. The summed E-state index contributed by atoms with van der Waals surface area (Å²) in [6, 6.07) is 8.69. The summed E-state index contributed by atoms with van der Waals surface area (Å²) in [5.74, 6) is 0.417. The quantitative estimate of drug-likeness (QED) is 0.519. The van der Waals surface area contributed by atoms with Gasteiger partial charge in [-0.2, -0.15) is 13.2 Å². The van der Waals surface area contributed by atoms with E-state index in [9.17, 15) is 22.4 Å². The molecule has 0 saturated carbocycles. The lowest BCUT2D eigenvalue weighted by atomic mass is 10.1. The molecule has 0 bridgehead atoms. The SMILES string of the molecule is O=C(SCCCC(F)CCC(F)(F)F)c1ccccc1. The molecule has 0 radical (unpaired) electrons. The summed E-state index contributed by atoms with van der Waals surface area (Å²) in [5, 5.41) is -0.101. The molecule has 0 aromatic heterocycles. The van der Waals surface area contributed by atoms with Crippen LogP contribution in [0.4, 0.5) is 17.6 Å². The van der Waals surface area contributed by atoms with Crippen molar-refractivity contribution in [3.63, 3.8) is 0 Å². The van der Waals surface area contributed by atoms with Gasteiger partial charge < -0.3 is 0 Å². The van der Waals surface area contributed by atoms with E-state index < -0.39 is 25.2 Å². The predicted molar refractivity (Wildman–Crippen MR) is 72.6 cm³/mol. The maximum absolute atomic E-state index is 13.2. The lowest BCUT2D eigenvalue weighted by Gasteiger charge is -2.09. The van der Waals surface area contributed by atoms with Crippen molar-refractivity contribution in [2.24, 2.45) is 0 Å². The number of carbonyl (C=O) groups is 1. The van der Waals surface area contributed by atoms with Crippen molar-refractivity contribution in [2.75, 3.05) is 5.75 Å². The first-order valence-electron chi connectivity index (χ1n) is 6.31. The zero-order chi connectivity index (χ0) is 15.0. The summed E-state index contributed by atoms with van der Waals surface area (Å²) in [6.45, 7) is 0. The maximum atomic E-state index is 13.2. The van der Waals surface area contributed by atoms with Gasteiger partial charge in [0.05, 0.1) is 0 Å². The molecule has 0 amide bonds. The molecule has 0 N–H and O–H groups in total. The average molecular weight is 308 g/mol. The van der Waals surface area contributed by atoms with E-state index in [1.54, 1.807) is 30.3 Å². The molecular weight excluding hydrogens is 292 g/mol. The Hall–Kier alpha value is -1.04. The van der Waals surface area contributed by atoms with Gasteiger partial charge in [-0.3, -0.25) is 4.79 Å². The number of thioether (sulfide) groups is 1. The summed E-state index contributed by atoms with van der Waals surface area (Å²) in [4.78, 5) is 11.7. The number of hydrogen-bond donors (Lipinski definition) is 0. The molecule has 0 aliphatic carbocycles. The van der Waals surface area contributed by atoms with Crippen LogP contribution in [0, 0.1) is 0 Å². The Labute approximate surface area is 119 Å². The smallest absolute Gasteiger partial charge is 0.282 e. The van der Waals surface area contributed by atoms with Crippen LogP contribution in [0.25, 0.3) is 0 Å². The topological polar surface area (TPSA) is 17.1 Å². The molecule has 1 unspecified atom stereocenters. The Balaban J connectivity index is 2.14. The number of hydrogen-bond acceptors (Lipinski definition) is 2. The molecule has 112 valence electrons. The second-order valence-electron chi connectivity index (χ2n) is 4.40. The molecule has 0 spiro atoms. The average Bonchev–Trinajstić information content (AvgIpc) is 2.41. The van der Waals surface area contributed by atoms with Gasteiger partial charge in [-0.25, -0.2) is 4.39 Å². The number of alkyl halides is 4. The lowest BCUT2D eigenvalue weighted by Crippen LogP contribution is -2.11. The van der Waals surface area contributed by atoms with Crippen LogP contribution in [-0.2, 0) is 0 Å². The van der Waals surface area contributed by atoms with E-state index in [1.807, 2.05) is 0 Å². The van der Waals surface area contributed by atoms with Gasteiger partial charge >= 0.3 is 6.18 Å². The minimum absolute atomic E-state index is 0.0607. The fourth-order valence-electron chi connectivity index (χ4n) is 1.59. The van der Waals surface area contributed by atoms with Crippen molar-refractivity contribution in [2.45, 2.75) is 38.0 Å². The van der Waals surface area contributed by atoms with Crippen LogP contribution in [0.5, 0.6) is 0 Å². The highest BCUT2D eigenvalue weighted by Gasteiger charge is 2.28. The number of carbonyl (C=O) groups excluding carboxylic acids is 1. The van der Waals surface area contributed by atoms with E-state index in [1.165, 1.54) is 0 Å². The van der Waals surface area contributed by atoms with E-state index >= 15 is 0 Å². The zero-order valence-electron chi connectivity index (χ0n) is 10.8. The van der Waals surface area contributed by atoms with Crippen LogP contribution in [0.2, 0.25) is 0 Å². The van der Waals surface area contributed by atoms with E-state index in [2.05, 4.69) is 0 Å². The van der Waals surface area contributed by atoms with E-state index in [-0.39, 0.29) is 11.5 Å². The molecule has 1 aromatic carbocycles. The highest BCUT2D eigenvalue weighted by molar-refractivity contribution is 8.14. The molecule has 20 heavy (non-hydrogen) atoms. The van der Waals surface area contributed by atoms with Gasteiger partial charge in [0.25, 0.3) is 0 Å². The summed E-state index contributed by atoms with van der Waals surface area (Å²) < 4.78 is 48.8. The predicted octanol–water partition coefficient (Wildman–Crippen LogP) is 5.02. The first kappa shape index (κ1) is 17.0. The van der Waals surface area contributed by atoms with Gasteiger partial charge in [0, 0.05) is 17.7 Å². The number of halogens is 4. The van der Waals surface area contributed by atoms with Crippen molar-refractivity contribution < 1.29 is 22.4 Å². The summed E-state index contributed by atoms with van der Waals surface area (Å²) in [6.07, 6.45) is -6.90. The standard InChI is InChI=1S/C14H16F4OS/c15-12(8-9-14(16,17)18)7-4-10-20-13(19)11-5-2-1-3-6-11/h1-3,5-6,12H,4,7-10H2. The second kappa shape index (κ2) is 8.29. The van der Waals surface area contributed by atoms with Crippen molar-refractivity contribution in [1.82, 2.24) is 0 Å².